The Labute approximate surface area is 198 Å². The predicted molar refractivity (Wildman–Crippen MR) is 132 cm³/mol. The maximum atomic E-state index is 13.1. The molecule has 0 saturated heterocycles. The molecule has 1 aliphatic rings. The van der Waals surface area contributed by atoms with E-state index in [4.69, 9.17) is 0 Å². The SMILES string of the molecule is CN(c1ccccc1)S(=O)(=O)c1cccc(C(=O)Nc2ccc(-c3cn4c(n3)CCC4)cc2)c1. The van der Waals surface area contributed by atoms with Crippen molar-refractivity contribution in [3.05, 3.63) is 96.4 Å². The van der Waals surface area contributed by atoms with Crippen molar-refractivity contribution in [3.63, 3.8) is 0 Å². The van der Waals surface area contributed by atoms with Crippen LogP contribution in [0.25, 0.3) is 11.3 Å². The molecule has 8 heteroatoms. The van der Waals surface area contributed by atoms with Gasteiger partial charge in [-0.05, 0) is 48.9 Å². The number of sulfonamides is 1. The first-order valence-electron chi connectivity index (χ1n) is 11.0. The Morgan fingerprint density at radius 1 is 1.00 bits per heavy atom. The number of nitrogens with zero attached hydrogens (tertiary/aromatic N) is 3. The number of imidazole rings is 1. The summed E-state index contributed by atoms with van der Waals surface area (Å²) in [6.07, 6.45) is 4.21. The van der Waals surface area contributed by atoms with Gasteiger partial charge in [-0.2, -0.15) is 0 Å². The van der Waals surface area contributed by atoms with E-state index >= 15 is 0 Å². The van der Waals surface area contributed by atoms with Gasteiger partial charge in [-0.1, -0.05) is 36.4 Å². The molecule has 34 heavy (non-hydrogen) atoms. The lowest BCUT2D eigenvalue weighted by Crippen LogP contribution is -2.26. The number of aromatic nitrogens is 2. The molecule has 1 N–H and O–H groups in total. The van der Waals surface area contributed by atoms with Gasteiger partial charge in [0.15, 0.2) is 0 Å². The topological polar surface area (TPSA) is 84.3 Å². The molecule has 0 bridgehead atoms. The first kappa shape index (κ1) is 21.9. The van der Waals surface area contributed by atoms with Gasteiger partial charge in [0.2, 0.25) is 0 Å². The third-order valence-electron chi connectivity index (χ3n) is 5.97. The molecule has 0 radical (unpaired) electrons. The summed E-state index contributed by atoms with van der Waals surface area (Å²) in [6, 6.07) is 22.3. The molecule has 0 atom stereocenters. The smallest absolute Gasteiger partial charge is 0.264 e. The Morgan fingerprint density at radius 3 is 2.50 bits per heavy atom. The van der Waals surface area contributed by atoms with Crippen LogP contribution in [0.2, 0.25) is 0 Å². The molecule has 0 aliphatic carbocycles. The Balaban J connectivity index is 1.32. The van der Waals surface area contributed by atoms with E-state index in [9.17, 15) is 13.2 Å². The van der Waals surface area contributed by atoms with Crippen molar-refractivity contribution < 1.29 is 13.2 Å². The summed E-state index contributed by atoms with van der Waals surface area (Å²) < 4.78 is 29.5. The molecular formula is C26H24N4O3S. The Morgan fingerprint density at radius 2 is 1.76 bits per heavy atom. The third kappa shape index (κ3) is 4.20. The predicted octanol–water partition coefficient (Wildman–Crippen LogP) is 4.57. The van der Waals surface area contributed by atoms with Crippen LogP contribution >= 0.6 is 0 Å². The minimum atomic E-state index is -3.81. The molecule has 1 amide bonds. The second-order valence-corrected chi connectivity index (χ2v) is 10.2. The fraction of sp³-hybridized carbons (Fsp3) is 0.154. The molecule has 172 valence electrons. The van der Waals surface area contributed by atoms with Gasteiger partial charge < -0.3 is 9.88 Å². The van der Waals surface area contributed by atoms with Crippen LogP contribution in [-0.4, -0.2) is 30.9 Å². The Hall–Kier alpha value is -3.91. The fourth-order valence-electron chi connectivity index (χ4n) is 4.05. The lowest BCUT2D eigenvalue weighted by atomic mass is 10.1. The van der Waals surface area contributed by atoms with Crippen molar-refractivity contribution in [2.75, 3.05) is 16.7 Å². The number of nitrogens with one attached hydrogen (secondary N) is 1. The maximum absolute atomic E-state index is 13.1. The standard InChI is InChI=1S/C26H24N4O3S/c1-29(22-8-3-2-4-9-22)34(32,33)23-10-5-7-20(17-23)26(31)27-21-14-12-19(13-15-21)24-18-30-16-6-11-25(30)28-24/h2-5,7-10,12-15,17-18H,6,11,16H2,1H3,(H,27,31). The summed E-state index contributed by atoms with van der Waals surface area (Å²) in [5.41, 5.74) is 3.33. The van der Waals surface area contributed by atoms with Crippen LogP contribution in [0.3, 0.4) is 0 Å². The van der Waals surface area contributed by atoms with Crippen LogP contribution in [0.15, 0.2) is 90.0 Å². The van der Waals surface area contributed by atoms with Crippen molar-refractivity contribution in [1.29, 1.82) is 0 Å². The molecule has 0 saturated carbocycles. The zero-order valence-electron chi connectivity index (χ0n) is 18.7. The number of anilines is 2. The highest BCUT2D eigenvalue weighted by molar-refractivity contribution is 7.92. The summed E-state index contributed by atoms with van der Waals surface area (Å²) in [5.74, 6) is 0.730. The number of rotatable bonds is 6. The van der Waals surface area contributed by atoms with Gasteiger partial charge in [-0.25, -0.2) is 13.4 Å². The lowest BCUT2D eigenvalue weighted by Gasteiger charge is -2.19. The number of hydrogen-bond acceptors (Lipinski definition) is 4. The van der Waals surface area contributed by atoms with Crippen molar-refractivity contribution in [2.24, 2.45) is 0 Å². The van der Waals surface area contributed by atoms with E-state index in [1.54, 1.807) is 36.4 Å². The van der Waals surface area contributed by atoms with Crippen LogP contribution in [-0.2, 0) is 23.0 Å². The van der Waals surface area contributed by atoms with E-state index in [2.05, 4.69) is 21.1 Å². The monoisotopic (exact) mass is 472 g/mol. The minimum Gasteiger partial charge on any atom is -0.334 e. The van der Waals surface area contributed by atoms with E-state index in [1.165, 1.54) is 23.5 Å². The van der Waals surface area contributed by atoms with E-state index in [1.807, 2.05) is 30.3 Å². The van der Waals surface area contributed by atoms with Gasteiger partial charge in [-0.3, -0.25) is 9.10 Å². The van der Waals surface area contributed by atoms with Gasteiger partial charge in [-0.15, -0.1) is 0 Å². The molecule has 0 unspecified atom stereocenters. The number of fused-ring (bicyclic) bond motifs is 1. The number of carbonyl (C=O) groups excluding carboxylic acids is 1. The fourth-order valence-corrected chi connectivity index (χ4v) is 5.30. The molecule has 1 aromatic heterocycles. The molecule has 5 rings (SSSR count). The summed E-state index contributed by atoms with van der Waals surface area (Å²) in [5, 5.41) is 2.84. The first-order chi connectivity index (χ1) is 16.4. The van der Waals surface area contributed by atoms with Crippen LogP contribution < -0.4 is 9.62 Å². The van der Waals surface area contributed by atoms with Gasteiger partial charge >= 0.3 is 0 Å². The van der Waals surface area contributed by atoms with E-state index in [-0.39, 0.29) is 16.4 Å². The maximum Gasteiger partial charge on any atom is 0.264 e. The van der Waals surface area contributed by atoms with Gasteiger partial charge in [0.25, 0.3) is 15.9 Å². The van der Waals surface area contributed by atoms with Crippen molar-refractivity contribution in [2.45, 2.75) is 24.3 Å². The summed E-state index contributed by atoms with van der Waals surface area (Å²) in [4.78, 5) is 17.6. The van der Waals surface area contributed by atoms with E-state index < -0.39 is 10.0 Å². The van der Waals surface area contributed by atoms with E-state index in [0.29, 0.717) is 11.4 Å². The van der Waals surface area contributed by atoms with E-state index in [0.717, 1.165) is 36.5 Å². The first-order valence-corrected chi connectivity index (χ1v) is 12.5. The number of benzene rings is 3. The molecular weight excluding hydrogens is 448 g/mol. The number of aryl methyl sites for hydroxylation is 2. The van der Waals surface area contributed by atoms with Crippen LogP contribution in [0.4, 0.5) is 11.4 Å². The zero-order chi connectivity index (χ0) is 23.7. The molecule has 2 heterocycles. The quantitative estimate of drug-likeness (QED) is 0.445. The summed E-state index contributed by atoms with van der Waals surface area (Å²) >= 11 is 0. The largest absolute Gasteiger partial charge is 0.334 e. The molecule has 1 aliphatic heterocycles. The molecule has 0 fully saturated rings. The number of amides is 1. The Bertz CT molecular complexity index is 1420. The highest BCUT2D eigenvalue weighted by Crippen LogP contribution is 2.25. The average molecular weight is 473 g/mol. The molecule has 7 nitrogen and oxygen atoms in total. The van der Waals surface area contributed by atoms with Crippen LogP contribution in [0.1, 0.15) is 22.6 Å². The van der Waals surface area contributed by atoms with Gasteiger partial charge in [0, 0.05) is 43.0 Å². The number of hydrogen-bond donors (Lipinski definition) is 1. The minimum absolute atomic E-state index is 0.0506. The van der Waals surface area contributed by atoms with Crippen molar-refractivity contribution in [3.8, 4) is 11.3 Å². The van der Waals surface area contributed by atoms with Crippen LogP contribution in [0.5, 0.6) is 0 Å². The van der Waals surface area contributed by atoms with Crippen molar-refractivity contribution >= 4 is 27.3 Å². The Kier molecular flexibility index (Phi) is 5.67. The second kappa shape index (κ2) is 8.79. The number of para-hydroxylation sites is 1. The lowest BCUT2D eigenvalue weighted by molar-refractivity contribution is 0.102. The normalized spacial score (nSPS) is 12.9. The second-order valence-electron chi connectivity index (χ2n) is 8.21. The summed E-state index contributed by atoms with van der Waals surface area (Å²) in [6.45, 7) is 1.01. The molecule has 0 spiro atoms. The summed E-state index contributed by atoms with van der Waals surface area (Å²) in [7, 11) is -2.32. The van der Waals surface area contributed by atoms with Gasteiger partial charge in [0.1, 0.15) is 5.82 Å². The third-order valence-corrected chi connectivity index (χ3v) is 7.75. The van der Waals surface area contributed by atoms with Gasteiger partial charge in [0.05, 0.1) is 16.3 Å². The number of carbonyl (C=O) groups is 1. The highest BCUT2D eigenvalue weighted by atomic mass is 32.2. The molecule has 4 aromatic rings. The zero-order valence-corrected chi connectivity index (χ0v) is 19.5. The van der Waals surface area contributed by atoms with Crippen molar-refractivity contribution in [1.82, 2.24) is 9.55 Å². The highest BCUT2D eigenvalue weighted by Gasteiger charge is 2.22. The van der Waals surface area contributed by atoms with Crippen LogP contribution in [0, 0.1) is 0 Å². The molecule has 3 aromatic carbocycles. The average Bonchev–Trinajstić information content (AvgIpc) is 3.47.